The number of carbonyl (C=O) groups excluding carboxylic acids is 1. The number of amides is 1. The van der Waals surface area contributed by atoms with E-state index in [9.17, 15) is 4.79 Å². The van der Waals surface area contributed by atoms with Crippen LogP contribution in [0.15, 0.2) is 36.7 Å². The van der Waals surface area contributed by atoms with Crippen LogP contribution in [0.2, 0.25) is 5.02 Å². The van der Waals surface area contributed by atoms with Crippen molar-refractivity contribution in [3.63, 3.8) is 0 Å². The second-order valence-corrected chi connectivity index (χ2v) is 5.95. The van der Waals surface area contributed by atoms with Crippen molar-refractivity contribution in [2.75, 3.05) is 24.3 Å². The molecule has 1 amide bonds. The maximum absolute atomic E-state index is 12.3. The van der Waals surface area contributed by atoms with Gasteiger partial charge in [0, 0.05) is 24.6 Å². The van der Waals surface area contributed by atoms with E-state index in [4.69, 9.17) is 16.3 Å². The van der Waals surface area contributed by atoms with Crippen LogP contribution in [0.25, 0.3) is 0 Å². The highest BCUT2D eigenvalue weighted by Gasteiger charge is 2.09. The number of nitrogens with zero attached hydrogens (tertiary/aromatic N) is 1. The van der Waals surface area contributed by atoms with Crippen molar-refractivity contribution in [2.24, 2.45) is 5.92 Å². The lowest BCUT2D eigenvalue weighted by atomic mass is 10.2. The molecule has 122 valence electrons. The Labute approximate surface area is 141 Å². The van der Waals surface area contributed by atoms with Crippen molar-refractivity contribution in [3.8, 4) is 5.75 Å². The zero-order chi connectivity index (χ0) is 16.8. The summed E-state index contributed by atoms with van der Waals surface area (Å²) in [5.74, 6) is 0.826. The summed E-state index contributed by atoms with van der Waals surface area (Å²) in [4.78, 5) is 16.4. The lowest BCUT2D eigenvalue weighted by Gasteiger charge is -2.11. The van der Waals surface area contributed by atoms with Crippen LogP contribution >= 0.6 is 11.6 Å². The minimum atomic E-state index is -0.244. The largest absolute Gasteiger partial charge is 0.495 e. The molecule has 0 saturated carbocycles. The average molecular weight is 334 g/mol. The number of hydrogen-bond donors (Lipinski definition) is 2. The third-order valence-electron chi connectivity index (χ3n) is 3.12. The Balaban J connectivity index is 2.08. The fraction of sp³-hybridized carbons (Fsp3) is 0.294. The minimum absolute atomic E-state index is 0.244. The number of benzene rings is 1. The fourth-order valence-electron chi connectivity index (χ4n) is 1.93. The lowest BCUT2D eigenvalue weighted by Crippen LogP contribution is -2.13. The first kappa shape index (κ1) is 17.1. The summed E-state index contributed by atoms with van der Waals surface area (Å²) in [6.07, 6.45) is 3.23. The molecule has 2 rings (SSSR count). The Bertz CT molecular complexity index is 689. The van der Waals surface area contributed by atoms with E-state index in [-0.39, 0.29) is 5.91 Å². The van der Waals surface area contributed by atoms with E-state index >= 15 is 0 Å². The van der Waals surface area contributed by atoms with E-state index in [0.717, 1.165) is 12.2 Å². The molecule has 2 aromatic rings. The van der Waals surface area contributed by atoms with Crippen molar-refractivity contribution < 1.29 is 9.53 Å². The van der Waals surface area contributed by atoms with Gasteiger partial charge in [0.05, 0.1) is 23.4 Å². The Morgan fingerprint density at radius 3 is 2.70 bits per heavy atom. The molecule has 0 bridgehead atoms. The van der Waals surface area contributed by atoms with Gasteiger partial charge in [0.15, 0.2) is 0 Å². The molecule has 5 nitrogen and oxygen atoms in total. The van der Waals surface area contributed by atoms with Gasteiger partial charge in [-0.3, -0.25) is 9.78 Å². The molecule has 0 aliphatic rings. The number of anilines is 2. The average Bonchev–Trinajstić information content (AvgIpc) is 2.53. The lowest BCUT2D eigenvalue weighted by molar-refractivity contribution is 0.102. The zero-order valence-corrected chi connectivity index (χ0v) is 14.1. The Hall–Kier alpha value is -2.27. The van der Waals surface area contributed by atoms with Gasteiger partial charge in [0.1, 0.15) is 5.75 Å². The molecule has 6 heteroatoms. The molecule has 0 aliphatic carbocycles. The predicted molar refractivity (Wildman–Crippen MR) is 93.5 cm³/mol. The highest BCUT2D eigenvalue weighted by molar-refractivity contribution is 6.32. The molecule has 0 radical (unpaired) electrons. The van der Waals surface area contributed by atoms with Crippen molar-refractivity contribution >= 4 is 28.9 Å². The molecule has 23 heavy (non-hydrogen) atoms. The van der Waals surface area contributed by atoms with Gasteiger partial charge in [-0.05, 0) is 30.2 Å². The second kappa shape index (κ2) is 7.83. The minimum Gasteiger partial charge on any atom is -0.495 e. The quantitative estimate of drug-likeness (QED) is 0.836. The van der Waals surface area contributed by atoms with Gasteiger partial charge in [0.25, 0.3) is 5.91 Å². The van der Waals surface area contributed by atoms with Crippen LogP contribution in [0.5, 0.6) is 5.75 Å². The number of carbonyl (C=O) groups is 1. The fourth-order valence-corrected chi connectivity index (χ4v) is 2.19. The van der Waals surface area contributed by atoms with Gasteiger partial charge in [-0.2, -0.15) is 0 Å². The van der Waals surface area contributed by atoms with E-state index in [2.05, 4.69) is 29.5 Å². The highest BCUT2D eigenvalue weighted by Crippen LogP contribution is 2.27. The summed E-state index contributed by atoms with van der Waals surface area (Å²) in [5, 5.41) is 6.48. The standard InChI is InChI=1S/C17H20ClN3O2/c1-11(2)8-20-14-6-12(9-19-10-14)17(22)21-13-4-5-16(23-3)15(18)7-13/h4-7,9-11,20H,8H2,1-3H3,(H,21,22). The summed E-state index contributed by atoms with van der Waals surface area (Å²) in [6.45, 7) is 5.05. The van der Waals surface area contributed by atoms with Gasteiger partial charge in [0.2, 0.25) is 0 Å². The van der Waals surface area contributed by atoms with Crippen molar-refractivity contribution in [1.29, 1.82) is 0 Å². The van der Waals surface area contributed by atoms with Gasteiger partial charge in [-0.25, -0.2) is 0 Å². The topological polar surface area (TPSA) is 63.2 Å². The Morgan fingerprint density at radius 2 is 2.04 bits per heavy atom. The number of halogens is 1. The molecule has 2 N–H and O–H groups in total. The van der Waals surface area contributed by atoms with Gasteiger partial charge in [-0.15, -0.1) is 0 Å². The zero-order valence-electron chi connectivity index (χ0n) is 13.4. The van der Waals surface area contributed by atoms with Crippen molar-refractivity contribution in [3.05, 3.63) is 47.2 Å². The van der Waals surface area contributed by atoms with Gasteiger partial charge >= 0.3 is 0 Å². The summed E-state index contributed by atoms with van der Waals surface area (Å²) in [5.41, 5.74) is 1.89. The molecule has 0 fully saturated rings. The van der Waals surface area contributed by atoms with Crippen LogP contribution in [0, 0.1) is 5.92 Å². The van der Waals surface area contributed by atoms with E-state index in [0.29, 0.717) is 27.9 Å². The molecule has 0 unspecified atom stereocenters. The molecule has 0 atom stereocenters. The SMILES string of the molecule is COc1ccc(NC(=O)c2cncc(NCC(C)C)c2)cc1Cl. The van der Waals surface area contributed by atoms with Crippen molar-refractivity contribution in [2.45, 2.75) is 13.8 Å². The number of methoxy groups -OCH3 is 1. The third-order valence-corrected chi connectivity index (χ3v) is 3.42. The van der Waals surface area contributed by atoms with E-state index in [1.165, 1.54) is 6.20 Å². The predicted octanol–water partition coefficient (Wildman–Crippen LogP) is 4.06. The molecule has 0 saturated heterocycles. The van der Waals surface area contributed by atoms with Crippen LogP contribution in [0.1, 0.15) is 24.2 Å². The maximum Gasteiger partial charge on any atom is 0.257 e. The maximum atomic E-state index is 12.3. The first-order valence-electron chi connectivity index (χ1n) is 7.33. The smallest absolute Gasteiger partial charge is 0.257 e. The molecular weight excluding hydrogens is 314 g/mol. The molecular formula is C17H20ClN3O2. The van der Waals surface area contributed by atoms with Crippen LogP contribution in [-0.2, 0) is 0 Å². The number of nitrogens with one attached hydrogen (secondary N) is 2. The molecule has 1 heterocycles. The van der Waals surface area contributed by atoms with E-state index < -0.39 is 0 Å². The highest BCUT2D eigenvalue weighted by atomic mass is 35.5. The summed E-state index contributed by atoms with van der Waals surface area (Å²) in [6, 6.07) is 6.86. The van der Waals surface area contributed by atoms with E-state index in [1.807, 2.05) is 0 Å². The Morgan fingerprint density at radius 1 is 1.26 bits per heavy atom. The third kappa shape index (κ3) is 4.86. The van der Waals surface area contributed by atoms with E-state index in [1.54, 1.807) is 37.6 Å². The van der Waals surface area contributed by atoms with Crippen LogP contribution in [-0.4, -0.2) is 24.5 Å². The van der Waals surface area contributed by atoms with Crippen LogP contribution < -0.4 is 15.4 Å². The molecule has 1 aromatic carbocycles. The normalized spacial score (nSPS) is 10.5. The molecule has 1 aromatic heterocycles. The monoisotopic (exact) mass is 333 g/mol. The van der Waals surface area contributed by atoms with Crippen LogP contribution in [0.3, 0.4) is 0 Å². The Kier molecular flexibility index (Phi) is 5.82. The molecule has 0 spiro atoms. The number of ether oxygens (including phenoxy) is 1. The number of pyridine rings is 1. The van der Waals surface area contributed by atoms with Gasteiger partial charge in [-0.1, -0.05) is 25.4 Å². The number of rotatable bonds is 6. The first-order valence-corrected chi connectivity index (χ1v) is 7.71. The number of hydrogen-bond acceptors (Lipinski definition) is 4. The summed E-state index contributed by atoms with van der Waals surface area (Å²) >= 11 is 6.06. The second-order valence-electron chi connectivity index (χ2n) is 5.54. The first-order chi connectivity index (χ1) is 11.0. The summed E-state index contributed by atoms with van der Waals surface area (Å²) < 4.78 is 5.09. The molecule has 0 aliphatic heterocycles. The number of aromatic nitrogens is 1. The van der Waals surface area contributed by atoms with Gasteiger partial charge < -0.3 is 15.4 Å². The van der Waals surface area contributed by atoms with Crippen molar-refractivity contribution in [1.82, 2.24) is 4.98 Å². The summed E-state index contributed by atoms with van der Waals surface area (Å²) in [7, 11) is 1.54. The van der Waals surface area contributed by atoms with Crippen LogP contribution in [0.4, 0.5) is 11.4 Å².